The van der Waals surface area contributed by atoms with Crippen molar-refractivity contribution in [3.63, 3.8) is 0 Å². The molecule has 6 nitrogen and oxygen atoms in total. The molecule has 2 atom stereocenters. The van der Waals surface area contributed by atoms with Crippen molar-refractivity contribution < 1.29 is 14.4 Å². The van der Waals surface area contributed by atoms with E-state index in [-0.39, 0.29) is 6.03 Å². The van der Waals surface area contributed by atoms with Gasteiger partial charge in [0.1, 0.15) is 12.1 Å². The normalized spacial score (nSPS) is 22.3. The molecule has 1 N–H and O–H groups in total. The molecule has 25 heavy (non-hydrogen) atoms. The zero-order chi connectivity index (χ0) is 17.4. The van der Waals surface area contributed by atoms with Gasteiger partial charge in [0.25, 0.3) is 11.8 Å². The molecule has 0 bridgehead atoms. The molecule has 0 radical (unpaired) electrons. The van der Waals surface area contributed by atoms with Crippen molar-refractivity contribution >= 4 is 17.8 Å². The minimum absolute atomic E-state index is 0.286. The van der Waals surface area contributed by atoms with Gasteiger partial charge in [-0.1, -0.05) is 60.7 Å². The second-order valence-corrected chi connectivity index (χ2v) is 6.25. The van der Waals surface area contributed by atoms with E-state index in [0.29, 0.717) is 13.1 Å². The highest BCUT2D eigenvalue weighted by atomic mass is 16.2. The molecule has 0 aliphatic carbocycles. The number of rotatable bonds is 4. The number of nitrogens with one attached hydrogen (secondary N) is 1. The van der Waals surface area contributed by atoms with Crippen molar-refractivity contribution in [2.45, 2.75) is 25.2 Å². The highest BCUT2D eigenvalue weighted by molar-refractivity contribution is 6.13. The number of carbonyl (C=O) groups is 3. The zero-order valence-corrected chi connectivity index (χ0v) is 13.5. The van der Waals surface area contributed by atoms with E-state index < -0.39 is 23.9 Å². The van der Waals surface area contributed by atoms with Gasteiger partial charge in [-0.2, -0.15) is 0 Å². The van der Waals surface area contributed by atoms with Crippen LogP contribution < -0.4 is 5.32 Å². The molecule has 2 aliphatic heterocycles. The largest absolute Gasteiger partial charge is 0.322 e. The molecule has 0 aromatic heterocycles. The number of hydrogen-bond acceptors (Lipinski definition) is 3. The van der Waals surface area contributed by atoms with Crippen molar-refractivity contribution in [2.24, 2.45) is 0 Å². The van der Waals surface area contributed by atoms with Crippen molar-refractivity contribution in [3.8, 4) is 0 Å². The van der Waals surface area contributed by atoms with Gasteiger partial charge < -0.3 is 9.80 Å². The van der Waals surface area contributed by atoms with Crippen LogP contribution in [0.3, 0.4) is 0 Å². The summed E-state index contributed by atoms with van der Waals surface area (Å²) in [4.78, 5) is 40.4. The lowest BCUT2D eigenvalue weighted by atomic mass is 10.1. The number of hydrogen-bond donors (Lipinski definition) is 1. The van der Waals surface area contributed by atoms with E-state index in [9.17, 15) is 14.4 Å². The smallest absolute Gasteiger partial charge is 0.306 e. The number of amides is 4. The van der Waals surface area contributed by atoms with Gasteiger partial charge in [0, 0.05) is 13.1 Å². The lowest BCUT2D eigenvalue weighted by Gasteiger charge is -2.22. The van der Waals surface area contributed by atoms with Crippen LogP contribution in [-0.2, 0) is 22.7 Å². The van der Waals surface area contributed by atoms with Crippen LogP contribution >= 0.6 is 0 Å². The maximum absolute atomic E-state index is 12.9. The molecular weight excluding hydrogens is 318 g/mol. The molecule has 2 saturated heterocycles. The second-order valence-electron chi connectivity index (χ2n) is 6.25. The zero-order valence-electron chi connectivity index (χ0n) is 13.5. The van der Waals surface area contributed by atoms with Crippen LogP contribution in [0.4, 0.5) is 4.79 Å². The fraction of sp³-hybridized carbons (Fsp3) is 0.211. The Labute approximate surface area is 145 Å². The highest BCUT2D eigenvalue weighted by Crippen LogP contribution is 2.30. The molecule has 2 unspecified atom stereocenters. The summed E-state index contributed by atoms with van der Waals surface area (Å²) < 4.78 is 0. The third kappa shape index (κ3) is 2.65. The SMILES string of the molecule is O=C1NC(=O)C2C1N(Cc1ccccc1)C(=O)N2Cc1ccccc1. The molecule has 126 valence electrons. The molecule has 2 aromatic carbocycles. The highest BCUT2D eigenvalue weighted by Gasteiger charge is 2.57. The summed E-state index contributed by atoms with van der Waals surface area (Å²) in [5.74, 6) is -0.815. The van der Waals surface area contributed by atoms with Gasteiger partial charge in [-0.05, 0) is 11.1 Å². The van der Waals surface area contributed by atoms with E-state index in [2.05, 4.69) is 5.32 Å². The molecule has 0 spiro atoms. The van der Waals surface area contributed by atoms with E-state index in [1.807, 2.05) is 60.7 Å². The van der Waals surface area contributed by atoms with E-state index in [1.54, 1.807) is 0 Å². The Bertz CT molecular complexity index is 755. The van der Waals surface area contributed by atoms with Crippen LogP contribution in [-0.4, -0.2) is 39.7 Å². The number of nitrogens with zero attached hydrogens (tertiary/aromatic N) is 2. The fourth-order valence-electron chi connectivity index (χ4n) is 3.48. The summed E-state index contributed by atoms with van der Waals surface area (Å²) in [6, 6.07) is 17.1. The maximum atomic E-state index is 12.9. The minimum Gasteiger partial charge on any atom is -0.306 e. The van der Waals surface area contributed by atoms with E-state index in [4.69, 9.17) is 0 Å². The van der Waals surface area contributed by atoms with Gasteiger partial charge in [-0.15, -0.1) is 0 Å². The van der Waals surface area contributed by atoms with E-state index >= 15 is 0 Å². The van der Waals surface area contributed by atoms with Crippen LogP contribution in [0.1, 0.15) is 11.1 Å². The molecule has 4 rings (SSSR count). The summed E-state index contributed by atoms with van der Waals surface area (Å²) >= 11 is 0. The predicted molar refractivity (Wildman–Crippen MR) is 90.1 cm³/mol. The third-order valence-electron chi connectivity index (χ3n) is 4.64. The number of imide groups is 1. The quantitative estimate of drug-likeness (QED) is 0.861. The average molecular weight is 335 g/mol. The molecular formula is C19H17N3O3. The van der Waals surface area contributed by atoms with Crippen molar-refractivity contribution in [2.75, 3.05) is 0 Å². The molecule has 2 heterocycles. The Morgan fingerprint density at radius 1 is 0.680 bits per heavy atom. The lowest BCUT2D eigenvalue weighted by molar-refractivity contribution is -0.126. The summed E-state index contributed by atoms with van der Waals surface area (Å²) in [5, 5.41) is 2.36. The fourth-order valence-corrected chi connectivity index (χ4v) is 3.48. The Hall–Kier alpha value is -3.15. The summed E-state index contributed by atoms with van der Waals surface area (Å²) in [6.45, 7) is 0.597. The number of carbonyl (C=O) groups excluding carboxylic acids is 3. The average Bonchev–Trinajstić information content (AvgIpc) is 3.06. The Balaban J connectivity index is 1.65. The second kappa shape index (κ2) is 6.05. The predicted octanol–water partition coefficient (Wildman–Crippen LogP) is 1.52. The van der Waals surface area contributed by atoms with Gasteiger partial charge in [0.05, 0.1) is 0 Å². The van der Waals surface area contributed by atoms with Crippen LogP contribution in [0, 0.1) is 0 Å². The molecule has 2 aromatic rings. The van der Waals surface area contributed by atoms with Crippen LogP contribution in [0.5, 0.6) is 0 Å². The number of benzene rings is 2. The van der Waals surface area contributed by atoms with Gasteiger partial charge in [0.2, 0.25) is 0 Å². The third-order valence-corrected chi connectivity index (χ3v) is 4.64. The van der Waals surface area contributed by atoms with Crippen molar-refractivity contribution in [1.82, 2.24) is 15.1 Å². The van der Waals surface area contributed by atoms with Crippen molar-refractivity contribution in [1.29, 1.82) is 0 Å². The molecule has 6 heteroatoms. The van der Waals surface area contributed by atoms with Crippen LogP contribution in [0.25, 0.3) is 0 Å². The van der Waals surface area contributed by atoms with Crippen molar-refractivity contribution in [3.05, 3.63) is 71.8 Å². The Morgan fingerprint density at radius 2 is 1.08 bits per heavy atom. The molecule has 2 aliphatic rings. The minimum atomic E-state index is -0.774. The van der Waals surface area contributed by atoms with E-state index in [0.717, 1.165) is 11.1 Å². The lowest BCUT2D eigenvalue weighted by Crippen LogP contribution is -2.41. The number of fused-ring (bicyclic) bond motifs is 1. The number of urea groups is 1. The Morgan fingerprint density at radius 3 is 1.48 bits per heavy atom. The Kier molecular flexibility index (Phi) is 3.72. The van der Waals surface area contributed by atoms with Gasteiger partial charge in [-0.25, -0.2) is 4.79 Å². The van der Waals surface area contributed by atoms with Gasteiger partial charge in [0.15, 0.2) is 0 Å². The first-order chi connectivity index (χ1) is 12.1. The van der Waals surface area contributed by atoms with Crippen LogP contribution in [0.15, 0.2) is 60.7 Å². The topological polar surface area (TPSA) is 69.7 Å². The van der Waals surface area contributed by atoms with Gasteiger partial charge in [-0.3, -0.25) is 14.9 Å². The molecule has 2 fully saturated rings. The molecule has 4 amide bonds. The van der Waals surface area contributed by atoms with E-state index in [1.165, 1.54) is 9.80 Å². The summed E-state index contributed by atoms with van der Waals surface area (Å²) in [5.41, 5.74) is 1.84. The van der Waals surface area contributed by atoms with Gasteiger partial charge >= 0.3 is 6.03 Å². The standard InChI is InChI=1S/C19H17N3O3/c23-17-15-16(18(24)20-17)22(12-14-9-5-2-6-10-14)19(25)21(15)11-13-7-3-1-4-8-13/h1-10,15-16H,11-12H2,(H,20,23,24). The summed E-state index contributed by atoms with van der Waals surface area (Å²) in [7, 11) is 0. The monoisotopic (exact) mass is 335 g/mol. The summed E-state index contributed by atoms with van der Waals surface area (Å²) in [6.07, 6.45) is 0. The first-order valence-corrected chi connectivity index (χ1v) is 8.15. The van der Waals surface area contributed by atoms with Crippen LogP contribution in [0.2, 0.25) is 0 Å². The maximum Gasteiger partial charge on any atom is 0.322 e. The first kappa shape index (κ1) is 15.4. The first-order valence-electron chi connectivity index (χ1n) is 8.15. The molecule has 0 saturated carbocycles.